The highest BCUT2D eigenvalue weighted by molar-refractivity contribution is 7.45. The number of phosphoric ester groups is 1. The Balaban J connectivity index is 4.22. The van der Waals surface area contributed by atoms with Gasteiger partial charge in [-0.25, -0.2) is 0 Å². The molecule has 0 fully saturated rings. The fourth-order valence-electron chi connectivity index (χ4n) is 6.62. The molecule has 0 radical (unpaired) electrons. The van der Waals surface area contributed by atoms with Crippen LogP contribution in [0.1, 0.15) is 213 Å². The highest BCUT2D eigenvalue weighted by atomic mass is 31.2. The lowest BCUT2D eigenvalue weighted by Crippen LogP contribution is -2.46. The smallest absolute Gasteiger partial charge is 0.268 e. The molecule has 0 aliphatic carbocycles. The number of carbonyl (C=O) groups excluding carboxylic acids is 1. The molecule has 2 N–H and O–H groups in total. The predicted octanol–water partition coefficient (Wildman–Crippen LogP) is 11.7. The molecule has 0 rings (SSSR count). The van der Waals surface area contributed by atoms with Crippen molar-refractivity contribution < 1.29 is 32.9 Å². The summed E-state index contributed by atoms with van der Waals surface area (Å²) in [7, 11) is 1.31. The van der Waals surface area contributed by atoms with Crippen molar-refractivity contribution in [3.63, 3.8) is 0 Å². The van der Waals surface area contributed by atoms with Gasteiger partial charge >= 0.3 is 0 Å². The van der Waals surface area contributed by atoms with E-state index < -0.39 is 20.0 Å². The Hall–Kier alpha value is -0.760. The summed E-state index contributed by atoms with van der Waals surface area (Å²) in [6, 6.07) is -0.796. The minimum absolute atomic E-state index is 0.0134. The van der Waals surface area contributed by atoms with Crippen molar-refractivity contribution in [1.82, 2.24) is 5.32 Å². The number of quaternary nitrogens is 1. The van der Waals surface area contributed by atoms with Crippen LogP contribution in [0.4, 0.5) is 0 Å². The van der Waals surface area contributed by atoms with Gasteiger partial charge in [-0.3, -0.25) is 9.36 Å². The Morgan fingerprint density at radius 2 is 1.04 bits per heavy atom. The molecule has 0 bridgehead atoms. The summed E-state index contributed by atoms with van der Waals surface area (Å²) in [6.45, 7) is 4.71. The van der Waals surface area contributed by atoms with E-state index in [1.165, 1.54) is 148 Å². The third-order valence-electron chi connectivity index (χ3n) is 10.3. The molecule has 316 valence electrons. The van der Waals surface area contributed by atoms with Crippen molar-refractivity contribution in [2.75, 3.05) is 40.9 Å². The van der Waals surface area contributed by atoms with Crippen LogP contribution < -0.4 is 10.2 Å². The van der Waals surface area contributed by atoms with Crippen LogP contribution in [0.15, 0.2) is 12.2 Å². The highest BCUT2D eigenvalue weighted by Gasteiger charge is 2.24. The first-order chi connectivity index (χ1) is 25.5. The van der Waals surface area contributed by atoms with E-state index in [0.29, 0.717) is 23.9 Å². The first kappa shape index (κ1) is 52.2. The fourth-order valence-corrected chi connectivity index (χ4v) is 7.35. The van der Waals surface area contributed by atoms with Gasteiger partial charge in [0.1, 0.15) is 13.2 Å². The number of unbranched alkanes of at least 4 members (excludes halogenated alkanes) is 26. The van der Waals surface area contributed by atoms with Crippen LogP contribution in [0.3, 0.4) is 0 Å². The summed E-state index contributed by atoms with van der Waals surface area (Å²) < 4.78 is 23.2. The highest BCUT2D eigenvalue weighted by Crippen LogP contribution is 2.38. The summed E-state index contributed by atoms with van der Waals surface area (Å²) in [5, 5.41) is 13.9. The molecule has 0 saturated carbocycles. The maximum Gasteiger partial charge on any atom is 0.268 e. The number of aliphatic hydroxyl groups is 1. The zero-order chi connectivity index (χ0) is 39.3. The number of phosphoric acid groups is 1. The largest absolute Gasteiger partial charge is 0.756 e. The number of amides is 1. The molecule has 1 amide bonds. The van der Waals surface area contributed by atoms with Gasteiger partial charge in [0.25, 0.3) is 7.82 Å². The second-order valence-corrected chi connectivity index (χ2v) is 18.2. The van der Waals surface area contributed by atoms with Crippen LogP contribution in [-0.2, 0) is 18.4 Å². The molecule has 3 unspecified atom stereocenters. The number of hydrogen-bond donors (Lipinski definition) is 2. The number of allylic oxidation sites excluding steroid dienone is 2. The lowest BCUT2D eigenvalue weighted by atomic mass is 10.0. The maximum absolute atomic E-state index is 12.8. The number of rotatable bonds is 41. The minimum atomic E-state index is -4.56. The van der Waals surface area contributed by atoms with Crippen molar-refractivity contribution in [2.45, 2.75) is 225 Å². The quantitative estimate of drug-likeness (QED) is 0.0277. The zero-order valence-electron chi connectivity index (χ0n) is 35.7. The Morgan fingerprint density at radius 3 is 1.47 bits per heavy atom. The molecule has 3 atom stereocenters. The standard InChI is InChI=1S/C44H89N2O6P/c1-6-8-10-12-14-16-18-19-20-21-22-23-24-25-26-27-28-30-32-34-36-38-44(48)45-42(41-52-53(49,50)51-40-39-46(3,4)5)43(47)37-35-33-31-29-17-15-13-11-9-7-2/h21-22,42-43,47H,6-20,23-41H2,1-5H3,(H-,45,48,49,50)/b22-21-. The third-order valence-corrected chi connectivity index (χ3v) is 11.2. The Morgan fingerprint density at radius 1 is 0.642 bits per heavy atom. The van der Waals surface area contributed by atoms with Gasteiger partial charge in [-0.1, -0.05) is 180 Å². The average molecular weight is 773 g/mol. The zero-order valence-corrected chi connectivity index (χ0v) is 36.6. The summed E-state index contributed by atoms with van der Waals surface area (Å²) in [4.78, 5) is 25.3. The van der Waals surface area contributed by atoms with E-state index in [-0.39, 0.29) is 19.1 Å². The van der Waals surface area contributed by atoms with Gasteiger partial charge in [0.05, 0.1) is 39.9 Å². The monoisotopic (exact) mass is 773 g/mol. The molecule has 0 heterocycles. The molecular formula is C44H89N2O6P. The number of aliphatic hydroxyl groups excluding tert-OH is 1. The van der Waals surface area contributed by atoms with E-state index in [1.807, 2.05) is 21.1 Å². The van der Waals surface area contributed by atoms with Crippen LogP contribution >= 0.6 is 7.82 Å². The number of hydrogen-bond acceptors (Lipinski definition) is 6. The molecule has 8 nitrogen and oxygen atoms in total. The Bertz CT molecular complexity index is 880. The Kier molecular flexibility index (Phi) is 36.3. The number of carbonyl (C=O) groups is 1. The molecule has 0 aromatic heterocycles. The first-order valence-electron chi connectivity index (χ1n) is 22.5. The molecule has 0 aliphatic heterocycles. The van der Waals surface area contributed by atoms with E-state index in [9.17, 15) is 19.4 Å². The number of nitrogens with zero attached hydrogens (tertiary/aromatic N) is 1. The number of nitrogens with one attached hydrogen (secondary N) is 1. The van der Waals surface area contributed by atoms with E-state index in [4.69, 9.17) is 9.05 Å². The molecule has 53 heavy (non-hydrogen) atoms. The molecule has 0 spiro atoms. The summed E-state index contributed by atoms with van der Waals surface area (Å²) >= 11 is 0. The van der Waals surface area contributed by atoms with Crippen molar-refractivity contribution in [3.05, 3.63) is 12.2 Å². The molecule has 0 aromatic rings. The van der Waals surface area contributed by atoms with Crippen LogP contribution in [0.25, 0.3) is 0 Å². The molecular weight excluding hydrogens is 683 g/mol. The maximum atomic E-state index is 12.8. The van der Waals surface area contributed by atoms with Crippen molar-refractivity contribution in [3.8, 4) is 0 Å². The molecule has 0 aliphatic rings. The van der Waals surface area contributed by atoms with Gasteiger partial charge in [0.2, 0.25) is 5.91 Å². The van der Waals surface area contributed by atoms with Gasteiger partial charge in [0, 0.05) is 6.42 Å². The van der Waals surface area contributed by atoms with Gasteiger partial charge in [-0.05, 0) is 38.5 Å². The second kappa shape index (κ2) is 36.9. The van der Waals surface area contributed by atoms with E-state index in [0.717, 1.165) is 38.5 Å². The number of likely N-dealkylation sites (N-methyl/N-ethyl adjacent to an activating group) is 1. The van der Waals surface area contributed by atoms with E-state index in [1.54, 1.807) is 0 Å². The summed E-state index contributed by atoms with van der Waals surface area (Å²) in [6.07, 6.45) is 40.8. The van der Waals surface area contributed by atoms with Crippen molar-refractivity contribution in [2.24, 2.45) is 0 Å². The molecule has 0 aromatic carbocycles. The lowest BCUT2D eigenvalue weighted by Gasteiger charge is -2.30. The summed E-state index contributed by atoms with van der Waals surface area (Å²) in [5.41, 5.74) is 0. The minimum Gasteiger partial charge on any atom is -0.756 e. The SMILES string of the molecule is CCCCCCCCCC/C=C\CCCCCCCCCCCC(=O)NC(COP(=O)([O-])OCC[N+](C)(C)C)C(O)CCCCCCCCCCCC. The summed E-state index contributed by atoms with van der Waals surface area (Å²) in [5.74, 6) is -0.167. The fraction of sp³-hybridized carbons (Fsp3) is 0.932. The van der Waals surface area contributed by atoms with E-state index >= 15 is 0 Å². The van der Waals surface area contributed by atoms with E-state index in [2.05, 4.69) is 31.3 Å². The van der Waals surface area contributed by atoms with Gasteiger partial charge in [-0.15, -0.1) is 0 Å². The van der Waals surface area contributed by atoms with Gasteiger partial charge in [-0.2, -0.15) is 0 Å². The third kappa shape index (κ3) is 39.3. The topological polar surface area (TPSA) is 108 Å². The molecule has 9 heteroatoms. The van der Waals surface area contributed by atoms with Crippen LogP contribution in [-0.4, -0.2) is 68.5 Å². The van der Waals surface area contributed by atoms with Crippen molar-refractivity contribution >= 4 is 13.7 Å². The van der Waals surface area contributed by atoms with Crippen molar-refractivity contribution in [1.29, 1.82) is 0 Å². The lowest BCUT2D eigenvalue weighted by molar-refractivity contribution is -0.870. The van der Waals surface area contributed by atoms with Gasteiger partial charge in [0.15, 0.2) is 0 Å². The predicted molar refractivity (Wildman–Crippen MR) is 224 cm³/mol. The van der Waals surface area contributed by atoms with Crippen LogP contribution in [0, 0.1) is 0 Å². The second-order valence-electron chi connectivity index (χ2n) is 16.8. The van der Waals surface area contributed by atoms with Gasteiger partial charge < -0.3 is 28.8 Å². The van der Waals surface area contributed by atoms with Crippen LogP contribution in [0.2, 0.25) is 0 Å². The Labute approximate surface area is 329 Å². The normalized spacial score (nSPS) is 14.5. The first-order valence-corrected chi connectivity index (χ1v) is 24.0. The average Bonchev–Trinajstić information content (AvgIpc) is 3.10. The molecule has 0 saturated heterocycles. The van der Waals surface area contributed by atoms with Crippen LogP contribution in [0.5, 0.6) is 0 Å².